The van der Waals surface area contributed by atoms with Crippen molar-refractivity contribution < 1.29 is 24.2 Å². The molecule has 7 nitrogen and oxygen atoms in total. The Kier molecular flexibility index (Phi) is 6.25. The number of hydrogen-bond acceptors (Lipinski definition) is 6. The number of oxime groups is 1. The van der Waals surface area contributed by atoms with Crippen molar-refractivity contribution >= 4 is 11.6 Å². The van der Waals surface area contributed by atoms with E-state index in [0.717, 1.165) is 16.8 Å². The molecule has 2 fully saturated rings. The Labute approximate surface area is 182 Å². The van der Waals surface area contributed by atoms with Crippen LogP contribution in [0.4, 0.5) is 0 Å². The summed E-state index contributed by atoms with van der Waals surface area (Å²) < 4.78 is 11.5. The summed E-state index contributed by atoms with van der Waals surface area (Å²) in [5.41, 5.74) is 5.66. The lowest BCUT2D eigenvalue weighted by Gasteiger charge is -2.29. The van der Waals surface area contributed by atoms with Crippen molar-refractivity contribution in [1.82, 2.24) is 4.90 Å². The van der Waals surface area contributed by atoms with Crippen LogP contribution in [0.3, 0.4) is 0 Å². The number of benzene rings is 2. The number of hydrogen-bond donors (Lipinski definition) is 1. The van der Waals surface area contributed by atoms with Crippen molar-refractivity contribution in [3.8, 4) is 16.9 Å². The molecule has 2 aliphatic heterocycles. The van der Waals surface area contributed by atoms with Gasteiger partial charge in [0.05, 0.1) is 38.1 Å². The van der Waals surface area contributed by atoms with Gasteiger partial charge < -0.3 is 24.3 Å². The van der Waals surface area contributed by atoms with Crippen molar-refractivity contribution in [2.45, 2.75) is 32.4 Å². The van der Waals surface area contributed by atoms with Crippen LogP contribution < -0.4 is 4.74 Å². The van der Waals surface area contributed by atoms with Crippen LogP contribution in [0.15, 0.2) is 41.6 Å². The molecule has 2 saturated heterocycles. The maximum Gasteiger partial charge on any atom is 0.254 e. The number of amides is 1. The Morgan fingerprint density at radius 3 is 2.71 bits per heavy atom. The fourth-order valence-corrected chi connectivity index (χ4v) is 4.01. The maximum atomic E-state index is 13.3. The van der Waals surface area contributed by atoms with E-state index in [1.807, 2.05) is 18.2 Å². The molecule has 2 aromatic carbocycles. The molecular weight excluding hydrogens is 396 g/mol. The van der Waals surface area contributed by atoms with Crippen molar-refractivity contribution in [2.75, 3.05) is 33.5 Å². The fourth-order valence-electron chi connectivity index (χ4n) is 4.01. The predicted octanol–water partition coefficient (Wildman–Crippen LogP) is 2.96. The summed E-state index contributed by atoms with van der Waals surface area (Å²) in [5, 5.41) is 13.7. The molecule has 31 heavy (non-hydrogen) atoms. The Balaban J connectivity index is 1.69. The molecule has 1 atom stereocenters. The summed E-state index contributed by atoms with van der Waals surface area (Å²) in [6.07, 6.45) is 0.478. The van der Waals surface area contributed by atoms with Crippen molar-refractivity contribution in [3.63, 3.8) is 0 Å². The highest BCUT2D eigenvalue weighted by Gasteiger charge is 2.34. The van der Waals surface area contributed by atoms with Gasteiger partial charge in [-0.15, -0.1) is 0 Å². The maximum absolute atomic E-state index is 13.3. The number of aliphatic hydroxyl groups excluding tert-OH is 1. The normalized spacial score (nSPS) is 20.1. The molecule has 1 N–H and O–H groups in total. The van der Waals surface area contributed by atoms with Gasteiger partial charge in [0.1, 0.15) is 19.0 Å². The number of aliphatic hydroxyl groups is 1. The predicted molar refractivity (Wildman–Crippen MR) is 118 cm³/mol. The molecule has 0 radical (unpaired) electrons. The second-order valence-electron chi connectivity index (χ2n) is 8.05. The number of nitrogens with zero attached hydrogens (tertiary/aromatic N) is 2. The standard InChI is InChI=1S/C24H28N2O5/c1-15-5-4-6-21(16(15)2)22-8-7-17(9-23(22)31-20-13-30-14-20)24(28)26-11-18(25-29-3)10-19(26)12-27/h4-9,19-20,27H,10-14H2,1-3H3/b25-18-/t19-/m0/s1. The van der Waals surface area contributed by atoms with E-state index in [1.165, 1.54) is 18.2 Å². The van der Waals surface area contributed by atoms with Crippen LogP contribution in [0.2, 0.25) is 0 Å². The quantitative estimate of drug-likeness (QED) is 0.721. The van der Waals surface area contributed by atoms with Gasteiger partial charge in [-0.25, -0.2) is 0 Å². The van der Waals surface area contributed by atoms with Crippen molar-refractivity contribution in [3.05, 3.63) is 53.1 Å². The number of likely N-dealkylation sites (tertiary alicyclic amines) is 1. The van der Waals surface area contributed by atoms with Crippen molar-refractivity contribution in [1.29, 1.82) is 0 Å². The van der Waals surface area contributed by atoms with Gasteiger partial charge in [0.25, 0.3) is 5.91 Å². The number of carbonyl (C=O) groups excluding carboxylic acids is 1. The van der Waals surface area contributed by atoms with Crippen LogP contribution in [0.25, 0.3) is 11.1 Å². The topological polar surface area (TPSA) is 80.6 Å². The van der Waals surface area contributed by atoms with Gasteiger partial charge in [-0.1, -0.05) is 23.4 Å². The third kappa shape index (κ3) is 4.29. The minimum Gasteiger partial charge on any atom is -0.485 e. The summed E-state index contributed by atoms with van der Waals surface area (Å²) in [6, 6.07) is 11.4. The van der Waals surface area contributed by atoms with E-state index in [1.54, 1.807) is 11.0 Å². The second-order valence-corrected chi connectivity index (χ2v) is 8.05. The van der Waals surface area contributed by atoms with Gasteiger partial charge in [-0.2, -0.15) is 0 Å². The lowest BCUT2D eigenvalue weighted by atomic mass is 9.95. The Bertz CT molecular complexity index is 999. The first kappa shape index (κ1) is 21.3. The van der Waals surface area contributed by atoms with E-state index in [0.29, 0.717) is 37.5 Å². The lowest BCUT2D eigenvalue weighted by molar-refractivity contribution is -0.0794. The molecule has 0 unspecified atom stereocenters. The smallest absolute Gasteiger partial charge is 0.254 e. The first-order valence-corrected chi connectivity index (χ1v) is 10.5. The highest BCUT2D eigenvalue weighted by molar-refractivity contribution is 6.01. The van der Waals surface area contributed by atoms with Crippen LogP contribution in [0, 0.1) is 13.8 Å². The molecule has 4 rings (SSSR count). The van der Waals surface area contributed by atoms with Gasteiger partial charge in [0, 0.05) is 17.5 Å². The molecule has 0 spiro atoms. The zero-order valence-electron chi connectivity index (χ0n) is 18.1. The largest absolute Gasteiger partial charge is 0.485 e. The van der Waals surface area contributed by atoms with E-state index in [9.17, 15) is 9.90 Å². The average Bonchev–Trinajstić information content (AvgIpc) is 3.15. The third-order valence-corrected chi connectivity index (χ3v) is 5.98. The van der Waals surface area contributed by atoms with Gasteiger partial charge >= 0.3 is 0 Å². The van der Waals surface area contributed by atoms with Crippen LogP contribution in [-0.4, -0.2) is 67.2 Å². The van der Waals surface area contributed by atoms with Crippen LogP contribution >= 0.6 is 0 Å². The fraction of sp³-hybridized carbons (Fsp3) is 0.417. The zero-order chi connectivity index (χ0) is 22.0. The second kappa shape index (κ2) is 9.08. The summed E-state index contributed by atoms with van der Waals surface area (Å²) in [5.74, 6) is 0.501. The van der Waals surface area contributed by atoms with Gasteiger partial charge in [-0.05, 0) is 48.7 Å². The Morgan fingerprint density at radius 2 is 2.03 bits per heavy atom. The molecule has 164 valence electrons. The van der Waals surface area contributed by atoms with E-state index in [-0.39, 0.29) is 24.7 Å². The monoisotopic (exact) mass is 424 g/mol. The molecule has 7 heteroatoms. The molecule has 0 saturated carbocycles. The number of ether oxygens (including phenoxy) is 2. The Hall–Kier alpha value is -2.90. The first-order chi connectivity index (χ1) is 15.0. The molecule has 2 aromatic rings. The number of carbonyl (C=O) groups is 1. The van der Waals surface area contributed by atoms with E-state index in [4.69, 9.17) is 14.3 Å². The highest BCUT2D eigenvalue weighted by Crippen LogP contribution is 2.36. The van der Waals surface area contributed by atoms with Crippen LogP contribution in [0.5, 0.6) is 5.75 Å². The minimum atomic E-state index is -0.315. The van der Waals surface area contributed by atoms with Gasteiger partial charge in [0.15, 0.2) is 0 Å². The lowest BCUT2D eigenvalue weighted by Crippen LogP contribution is -2.39. The average molecular weight is 424 g/mol. The summed E-state index contributed by atoms with van der Waals surface area (Å²) in [4.78, 5) is 19.8. The molecule has 2 heterocycles. The number of rotatable bonds is 6. The summed E-state index contributed by atoms with van der Waals surface area (Å²) >= 11 is 0. The molecule has 0 bridgehead atoms. The van der Waals surface area contributed by atoms with Crippen molar-refractivity contribution in [2.24, 2.45) is 5.16 Å². The molecule has 2 aliphatic rings. The molecular formula is C24H28N2O5. The zero-order valence-corrected chi connectivity index (χ0v) is 18.1. The third-order valence-electron chi connectivity index (χ3n) is 5.98. The first-order valence-electron chi connectivity index (χ1n) is 10.5. The van der Waals surface area contributed by atoms with Gasteiger partial charge in [0.2, 0.25) is 0 Å². The molecule has 0 aromatic heterocycles. The summed E-state index contributed by atoms with van der Waals surface area (Å²) in [6.45, 7) is 5.46. The SMILES string of the molecule is CO/N=C1/C[C@@H](CO)N(C(=O)c2ccc(-c3cccc(C)c3C)c(OC3COC3)c2)C1. The highest BCUT2D eigenvalue weighted by atomic mass is 16.6. The van der Waals surface area contributed by atoms with E-state index < -0.39 is 0 Å². The van der Waals surface area contributed by atoms with E-state index in [2.05, 4.69) is 31.1 Å². The molecule has 1 amide bonds. The molecule has 0 aliphatic carbocycles. The van der Waals surface area contributed by atoms with Gasteiger partial charge in [-0.3, -0.25) is 4.79 Å². The number of aryl methyl sites for hydroxylation is 1. The van der Waals surface area contributed by atoms with E-state index >= 15 is 0 Å². The van der Waals surface area contributed by atoms with Crippen LogP contribution in [0.1, 0.15) is 27.9 Å². The Morgan fingerprint density at radius 1 is 1.23 bits per heavy atom. The summed E-state index contributed by atoms with van der Waals surface area (Å²) in [7, 11) is 1.48. The van der Waals surface area contributed by atoms with Crippen LogP contribution in [-0.2, 0) is 9.57 Å². The minimum absolute atomic E-state index is 0.0216.